The molecule has 1 aromatic rings. The van der Waals surface area contributed by atoms with Gasteiger partial charge in [-0.25, -0.2) is 0 Å². The number of ketones is 1. The molecular formula is C18H24O2. The van der Waals surface area contributed by atoms with Crippen LogP contribution >= 0.6 is 0 Å². The van der Waals surface area contributed by atoms with Crippen LogP contribution in [0.3, 0.4) is 0 Å². The van der Waals surface area contributed by atoms with E-state index in [9.17, 15) is 4.79 Å². The summed E-state index contributed by atoms with van der Waals surface area (Å²) in [4.78, 5) is 12.0. The number of carbonyl (C=O) groups is 1. The molecule has 0 saturated heterocycles. The molecule has 1 aliphatic carbocycles. The average Bonchev–Trinajstić information content (AvgIpc) is 2.47. The van der Waals surface area contributed by atoms with Gasteiger partial charge in [0, 0.05) is 5.92 Å². The van der Waals surface area contributed by atoms with E-state index in [1.807, 2.05) is 24.5 Å². The van der Waals surface area contributed by atoms with E-state index in [1.165, 1.54) is 24.8 Å². The van der Waals surface area contributed by atoms with Gasteiger partial charge in [0.15, 0.2) is 0 Å². The van der Waals surface area contributed by atoms with E-state index in [0.29, 0.717) is 5.92 Å². The van der Waals surface area contributed by atoms with Crippen LogP contribution in [0.4, 0.5) is 0 Å². The molecule has 0 heterocycles. The number of allylic oxidation sites excluding steroid dienone is 1. The molecule has 0 spiro atoms. The lowest BCUT2D eigenvalue weighted by Gasteiger charge is -2.28. The van der Waals surface area contributed by atoms with E-state index >= 15 is 0 Å². The molecule has 2 nitrogen and oxygen atoms in total. The fourth-order valence-electron chi connectivity index (χ4n) is 3.19. The second kappa shape index (κ2) is 7.28. The van der Waals surface area contributed by atoms with Gasteiger partial charge in [-0.1, -0.05) is 36.8 Å². The number of hydrogen-bond donors (Lipinski definition) is 0. The van der Waals surface area contributed by atoms with Gasteiger partial charge in [0.25, 0.3) is 0 Å². The van der Waals surface area contributed by atoms with Crippen molar-refractivity contribution in [2.75, 3.05) is 7.11 Å². The smallest absolute Gasteiger partial charge is 0.137 e. The van der Waals surface area contributed by atoms with E-state index in [2.05, 4.69) is 12.1 Å². The van der Waals surface area contributed by atoms with Gasteiger partial charge in [0.2, 0.25) is 0 Å². The molecule has 0 amide bonds. The molecule has 0 unspecified atom stereocenters. The zero-order valence-corrected chi connectivity index (χ0v) is 12.5. The Morgan fingerprint density at radius 1 is 1.35 bits per heavy atom. The predicted octanol–water partition coefficient (Wildman–Crippen LogP) is 4.47. The number of Topliss-reactive ketones (excluding diaryl/α,β-unsaturated/α-hetero) is 1. The number of methoxy groups -OCH3 is 1. The number of carbonyl (C=O) groups excluding carboxylic acids is 1. The van der Waals surface area contributed by atoms with Gasteiger partial charge in [-0.3, -0.25) is 4.79 Å². The van der Waals surface area contributed by atoms with Crippen LogP contribution in [0, 0.1) is 5.92 Å². The number of hydrogen-bond acceptors (Lipinski definition) is 2. The Morgan fingerprint density at radius 2 is 2.10 bits per heavy atom. The van der Waals surface area contributed by atoms with E-state index in [4.69, 9.17) is 4.74 Å². The Bertz CT molecular complexity index is 462. The molecular weight excluding hydrogens is 248 g/mol. The Labute approximate surface area is 121 Å². The first-order chi connectivity index (χ1) is 9.72. The lowest BCUT2D eigenvalue weighted by Crippen LogP contribution is -2.18. The molecule has 20 heavy (non-hydrogen) atoms. The van der Waals surface area contributed by atoms with Crippen LogP contribution < -0.4 is 0 Å². The minimum absolute atomic E-state index is 0.0135. The van der Waals surface area contributed by atoms with Crippen molar-refractivity contribution in [2.45, 2.75) is 44.9 Å². The maximum absolute atomic E-state index is 12.0. The van der Waals surface area contributed by atoms with E-state index in [1.54, 1.807) is 14.0 Å². The van der Waals surface area contributed by atoms with Crippen molar-refractivity contribution < 1.29 is 9.53 Å². The minimum atomic E-state index is 0.0135. The highest BCUT2D eigenvalue weighted by Crippen LogP contribution is 2.37. The highest BCUT2D eigenvalue weighted by molar-refractivity contribution is 5.83. The molecule has 0 bridgehead atoms. The lowest BCUT2D eigenvalue weighted by molar-refractivity contribution is -0.118. The van der Waals surface area contributed by atoms with Crippen LogP contribution in [0.1, 0.15) is 50.5 Å². The number of ether oxygens (including phenoxy) is 1. The lowest BCUT2D eigenvalue weighted by atomic mass is 9.77. The molecule has 2 rings (SSSR count). The van der Waals surface area contributed by atoms with Crippen molar-refractivity contribution in [3.63, 3.8) is 0 Å². The van der Waals surface area contributed by atoms with Crippen molar-refractivity contribution in [1.82, 2.24) is 0 Å². The highest BCUT2D eigenvalue weighted by atomic mass is 16.5. The van der Waals surface area contributed by atoms with Crippen molar-refractivity contribution in [3.05, 3.63) is 47.7 Å². The van der Waals surface area contributed by atoms with Crippen LogP contribution in [0.2, 0.25) is 0 Å². The summed E-state index contributed by atoms with van der Waals surface area (Å²) < 4.78 is 5.21. The zero-order valence-electron chi connectivity index (χ0n) is 12.5. The Morgan fingerprint density at radius 3 is 2.75 bits per heavy atom. The number of benzene rings is 1. The quantitative estimate of drug-likeness (QED) is 0.739. The monoisotopic (exact) mass is 272 g/mol. The van der Waals surface area contributed by atoms with Crippen LogP contribution in [0.15, 0.2) is 42.2 Å². The third-order valence-corrected chi connectivity index (χ3v) is 4.27. The summed E-state index contributed by atoms with van der Waals surface area (Å²) in [5, 5.41) is 0. The second-order valence-electron chi connectivity index (χ2n) is 5.68. The summed E-state index contributed by atoms with van der Waals surface area (Å²) in [5.74, 6) is 0.760. The van der Waals surface area contributed by atoms with Gasteiger partial charge >= 0.3 is 0 Å². The summed E-state index contributed by atoms with van der Waals surface area (Å²) in [6.07, 6.45) is 7.58. The van der Waals surface area contributed by atoms with E-state index < -0.39 is 0 Å². The highest BCUT2D eigenvalue weighted by Gasteiger charge is 2.26. The predicted molar refractivity (Wildman–Crippen MR) is 81.5 cm³/mol. The molecule has 1 aliphatic rings. The summed E-state index contributed by atoms with van der Waals surface area (Å²) in [5.41, 5.74) is 2.52. The van der Waals surface area contributed by atoms with Crippen molar-refractivity contribution in [2.24, 2.45) is 5.92 Å². The summed E-state index contributed by atoms with van der Waals surface area (Å²) in [6.45, 7) is 1.71. The first-order valence-electron chi connectivity index (χ1n) is 7.49. The Hall–Kier alpha value is -1.57. The molecule has 0 N–H and O–H groups in total. The molecule has 2 atom stereocenters. The zero-order chi connectivity index (χ0) is 14.4. The van der Waals surface area contributed by atoms with Gasteiger partial charge < -0.3 is 4.74 Å². The normalized spacial score (nSPS) is 22.5. The van der Waals surface area contributed by atoms with Crippen LogP contribution in [-0.4, -0.2) is 12.9 Å². The van der Waals surface area contributed by atoms with Crippen molar-refractivity contribution >= 4 is 5.78 Å². The van der Waals surface area contributed by atoms with Crippen LogP contribution in [0.5, 0.6) is 0 Å². The standard InChI is InChI=1S/C18H24O2/c1-14(19)18(15-8-4-3-5-9-15)12-16-10-6-7-11-17(16)13-20-2/h3-5,8-9,13,16,18H,6-7,10-12H2,1-2H3/b17-13+/t16-,18-/m1/s1. The van der Waals surface area contributed by atoms with Crippen molar-refractivity contribution in [1.29, 1.82) is 0 Å². The second-order valence-corrected chi connectivity index (χ2v) is 5.68. The average molecular weight is 272 g/mol. The SMILES string of the molecule is CO/C=C1\CCCC[C@@H]1C[C@H](C(C)=O)c1ccccc1. The molecule has 0 radical (unpaired) electrons. The van der Waals surface area contributed by atoms with Crippen LogP contribution in [0.25, 0.3) is 0 Å². The molecule has 1 saturated carbocycles. The summed E-state index contributed by atoms with van der Waals surface area (Å²) in [7, 11) is 1.71. The summed E-state index contributed by atoms with van der Waals surface area (Å²) in [6, 6.07) is 10.1. The number of rotatable bonds is 5. The third-order valence-electron chi connectivity index (χ3n) is 4.27. The van der Waals surface area contributed by atoms with Gasteiger partial charge in [-0.2, -0.15) is 0 Å². The van der Waals surface area contributed by atoms with Gasteiger partial charge in [0.05, 0.1) is 13.4 Å². The molecule has 2 heteroatoms. The molecule has 0 aromatic heterocycles. The molecule has 1 aromatic carbocycles. The molecule has 0 aliphatic heterocycles. The Kier molecular flexibility index (Phi) is 5.40. The van der Waals surface area contributed by atoms with Crippen molar-refractivity contribution in [3.8, 4) is 0 Å². The van der Waals surface area contributed by atoms with Gasteiger partial charge in [-0.05, 0) is 49.7 Å². The van der Waals surface area contributed by atoms with E-state index in [0.717, 1.165) is 18.4 Å². The maximum Gasteiger partial charge on any atom is 0.137 e. The Balaban J connectivity index is 2.15. The van der Waals surface area contributed by atoms with Gasteiger partial charge in [-0.15, -0.1) is 0 Å². The molecule has 108 valence electrons. The van der Waals surface area contributed by atoms with Crippen LogP contribution in [-0.2, 0) is 9.53 Å². The maximum atomic E-state index is 12.0. The first kappa shape index (κ1) is 14.8. The van der Waals surface area contributed by atoms with Gasteiger partial charge in [0.1, 0.15) is 5.78 Å². The third kappa shape index (κ3) is 3.72. The fraction of sp³-hybridized carbons (Fsp3) is 0.500. The minimum Gasteiger partial charge on any atom is -0.504 e. The first-order valence-corrected chi connectivity index (χ1v) is 7.49. The topological polar surface area (TPSA) is 26.3 Å². The summed E-state index contributed by atoms with van der Waals surface area (Å²) >= 11 is 0. The largest absolute Gasteiger partial charge is 0.504 e. The van der Waals surface area contributed by atoms with E-state index in [-0.39, 0.29) is 11.7 Å². The fourth-order valence-corrected chi connectivity index (χ4v) is 3.19. The molecule has 1 fully saturated rings.